The van der Waals surface area contributed by atoms with E-state index in [0.717, 1.165) is 15.9 Å². The van der Waals surface area contributed by atoms with Crippen LogP contribution < -0.4 is 0 Å². The molecule has 0 spiro atoms. The molecule has 0 atom stereocenters. The standard InChI is InChI=1S/C8H7ClN2OS/c1-4-5-3-6(7(9)12)13-8(5)11(2)10-4/h3H,1-2H3. The zero-order valence-electron chi connectivity index (χ0n) is 7.17. The number of hydrogen-bond acceptors (Lipinski definition) is 3. The van der Waals surface area contributed by atoms with Crippen molar-refractivity contribution >= 4 is 38.4 Å². The molecule has 0 unspecified atom stereocenters. The lowest BCUT2D eigenvalue weighted by Crippen LogP contribution is -1.88. The Hall–Kier alpha value is -0.870. The van der Waals surface area contributed by atoms with Gasteiger partial charge in [-0.1, -0.05) is 0 Å². The molecule has 2 rings (SSSR count). The number of halogens is 1. The summed E-state index contributed by atoms with van der Waals surface area (Å²) in [6.07, 6.45) is 0. The van der Waals surface area contributed by atoms with E-state index in [-0.39, 0.29) is 0 Å². The van der Waals surface area contributed by atoms with E-state index in [0.29, 0.717) is 4.88 Å². The van der Waals surface area contributed by atoms with Gasteiger partial charge in [0.15, 0.2) is 0 Å². The van der Waals surface area contributed by atoms with Crippen LogP contribution in [0.5, 0.6) is 0 Å². The largest absolute Gasteiger partial charge is 0.275 e. The Balaban J connectivity index is 2.76. The van der Waals surface area contributed by atoms with Gasteiger partial charge in [-0.2, -0.15) is 5.10 Å². The van der Waals surface area contributed by atoms with Crippen LogP contribution in [0, 0.1) is 6.92 Å². The van der Waals surface area contributed by atoms with Crippen molar-refractivity contribution in [3.05, 3.63) is 16.6 Å². The topological polar surface area (TPSA) is 34.9 Å². The molecule has 0 aliphatic rings. The van der Waals surface area contributed by atoms with Crippen LogP contribution >= 0.6 is 22.9 Å². The van der Waals surface area contributed by atoms with Gasteiger partial charge >= 0.3 is 0 Å². The highest BCUT2D eigenvalue weighted by Gasteiger charge is 2.12. The van der Waals surface area contributed by atoms with Crippen molar-refractivity contribution in [2.24, 2.45) is 7.05 Å². The summed E-state index contributed by atoms with van der Waals surface area (Å²) in [6.45, 7) is 1.91. The van der Waals surface area contributed by atoms with Gasteiger partial charge < -0.3 is 0 Å². The van der Waals surface area contributed by atoms with E-state index < -0.39 is 5.24 Å². The van der Waals surface area contributed by atoms with Gasteiger partial charge in [0.1, 0.15) is 4.83 Å². The maximum atomic E-state index is 10.9. The maximum absolute atomic E-state index is 10.9. The molecule has 0 aliphatic heterocycles. The highest BCUT2D eigenvalue weighted by Crippen LogP contribution is 2.28. The summed E-state index contributed by atoms with van der Waals surface area (Å²) in [5, 5.41) is 4.83. The van der Waals surface area contributed by atoms with Gasteiger partial charge in [0, 0.05) is 12.4 Å². The Kier molecular flexibility index (Phi) is 1.89. The molecule has 0 aromatic carbocycles. The van der Waals surface area contributed by atoms with Crippen molar-refractivity contribution in [2.45, 2.75) is 6.92 Å². The highest BCUT2D eigenvalue weighted by atomic mass is 35.5. The van der Waals surface area contributed by atoms with E-state index in [2.05, 4.69) is 5.10 Å². The molecule has 13 heavy (non-hydrogen) atoms. The molecule has 2 heterocycles. The summed E-state index contributed by atoms with van der Waals surface area (Å²) in [4.78, 5) is 12.4. The van der Waals surface area contributed by atoms with Gasteiger partial charge in [0.2, 0.25) is 0 Å². The number of rotatable bonds is 1. The first-order valence-corrected chi connectivity index (χ1v) is 4.92. The molecule has 3 nitrogen and oxygen atoms in total. The second-order valence-electron chi connectivity index (χ2n) is 2.81. The predicted octanol–water partition coefficient (Wildman–Crippen LogP) is 2.32. The van der Waals surface area contributed by atoms with Crippen molar-refractivity contribution in [3.8, 4) is 0 Å². The Bertz CT molecular complexity index is 451. The molecule has 0 aliphatic carbocycles. The number of aryl methyl sites for hydroxylation is 2. The van der Waals surface area contributed by atoms with Gasteiger partial charge in [-0.05, 0) is 24.6 Å². The second-order valence-corrected chi connectivity index (χ2v) is 4.19. The van der Waals surface area contributed by atoms with Crippen molar-refractivity contribution in [1.82, 2.24) is 9.78 Å². The molecule has 0 N–H and O–H groups in total. The highest BCUT2D eigenvalue weighted by molar-refractivity contribution is 7.21. The third-order valence-corrected chi connectivity index (χ3v) is 3.41. The zero-order valence-corrected chi connectivity index (χ0v) is 8.74. The van der Waals surface area contributed by atoms with Gasteiger partial charge in [-0.3, -0.25) is 9.48 Å². The minimum atomic E-state index is -0.402. The molecule has 0 saturated heterocycles. The molecule has 2 aromatic rings. The van der Waals surface area contributed by atoms with Crippen LogP contribution in [0.3, 0.4) is 0 Å². The number of carbonyl (C=O) groups is 1. The summed E-state index contributed by atoms with van der Waals surface area (Å²) in [6, 6.07) is 1.79. The van der Waals surface area contributed by atoms with Crippen LogP contribution in [0.15, 0.2) is 6.07 Å². The zero-order chi connectivity index (χ0) is 9.59. The first-order chi connectivity index (χ1) is 6.09. The Morgan fingerprint density at radius 3 is 2.92 bits per heavy atom. The fourth-order valence-corrected chi connectivity index (χ4v) is 2.43. The van der Waals surface area contributed by atoms with Gasteiger partial charge in [-0.25, -0.2) is 0 Å². The third kappa shape index (κ3) is 1.26. The fraction of sp³-hybridized carbons (Fsp3) is 0.250. The molecule has 2 aromatic heterocycles. The van der Waals surface area contributed by atoms with Crippen molar-refractivity contribution < 1.29 is 4.79 Å². The monoisotopic (exact) mass is 214 g/mol. The molecule has 5 heteroatoms. The second kappa shape index (κ2) is 2.82. The van der Waals surface area contributed by atoms with E-state index in [9.17, 15) is 4.79 Å². The quantitative estimate of drug-likeness (QED) is 0.683. The first kappa shape index (κ1) is 8.72. The van der Waals surface area contributed by atoms with E-state index in [1.165, 1.54) is 11.3 Å². The van der Waals surface area contributed by atoms with Crippen LogP contribution in [0.25, 0.3) is 10.2 Å². The summed E-state index contributed by atoms with van der Waals surface area (Å²) in [5.74, 6) is 0. The fourth-order valence-electron chi connectivity index (χ4n) is 1.30. The number of aromatic nitrogens is 2. The van der Waals surface area contributed by atoms with Crippen LogP contribution in [0.1, 0.15) is 15.4 Å². The Labute approximate surface area is 83.9 Å². The summed E-state index contributed by atoms with van der Waals surface area (Å²) < 4.78 is 1.76. The lowest BCUT2D eigenvalue weighted by molar-refractivity contribution is 0.108. The summed E-state index contributed by atoms with van der Waals surface area (Å²) >= 11 is 6.75. The van der Waals surface area contributed by atoms with Gasteiger partial charge in [0.05, 0.1) is 10.6 Å². The average molecular weight is 215 g/mol. The molecular formula is C8H7ClN2OS. The number of hydrogen-bond donors (Lipinski definition) is 0. The summed E-state index contributed by atoms with van der Waals surface area (Å²) in [5.41, 5.74) is 0.929. The Morgan fingerprint density at radius 1 is 1.69 bits per heavy atom. The molecule has 0 amide bonds. The average Bonchev–Trinajstić information content (AvgIpc) is 2.55. The molecule has 0 saturated carbocycles. The number of nitrogens with zero attached hydrogens (tertiary/aromatic N) is 2. The predicted molar refractivity (Wildman–Crippen MR) is 53.5 cm³/mol. The minimum Gasteiger partial charge on any atom is -0.275 e. The normalized spacial score (nSPS) is 11.0. The van der Waals surface area contributed by atoms with Gasteiger partial charge in [0.25, 0.3) is 5.24 Å². The third-order valence-electron chi connectivity index (χ3n) is 1.89. The van der Waals surface area contributed by atoms with Crippen LogP contribution in [0.4, 0.5) is 0 Å². The first-order valence-electron chi connectivity index (χ1n) is 3.72. The SMILES string of the molecule is Cc1nn(C)c2sc(C(=O)Cl)cc12. The molecule has 0 bridgehead atoms. The smallest absolute Gasteiger partial charge is 0.262 e. The molecule has 68 valence electrons. The molecule has 0 fully saturated rings. The lowest BCUT2D eigenvalue weighted by Gasteiger charge is -1.86. The summed E-state index contributed by atoms with van der Waals surface area (Å²) in [7, 11) is 1.86. The minimum absolute atomic E-state index is 0.402. The molecule has 0 radical (unpaired) electrons. The van der Waals surface area contributed by atoms with E-state index in [1.54, 1.807) is 10.7 Å². The van der Waals surface area contributed by atoms with Crippen LogP contribution in [0.2, 0.25) is 0 Å². The van der Waals surface area contributed by atoms with Crippen LogP contribution in [-0.2, 0) is 7.05 Å². The number of fused-ring (bicyclic) bond motifs is 1. The maximum Gasteiger partial charge on any atom is 0.262 e. The van der Waals surface area contributed by atoms with E-state index >= 15 is 0 Å². The van der Waals surface area contributed by atoms with Crippen molar-refractivity contribution in [3.63, 3.8) is 0 Å². The van der Waals surface area contributed by atoms with E-state index in [1.807, 2.05) is 14.0 Å². The van der Waals surface area contributed by atoms with Gasteiger partial charge in [-0.15, -0.1) is 11.3 Å². The lowest BCUT2D eigenvalue weighted by atomic mass is 10.3. The number of carbonyl (C=O) groups excluding carboxylic acids is 1. The van der Waals surface area contributed by atoms with Crippen molar-refractivity contribution in [1.29, 1.82) is 0 Å². The van der Waals surface area contributed by atoms with Crippen molar-refractivity contribution in [2.75, 3.05) is 0 Å². The Morgan fingerprint density at radius 2 is 2.38 bits per heavy atom. The number of thiophene rings is 1. The van der Waals surface area contributed by atoms with Crippen LogP contribution in [-0.4, -0.2) is 15.0 Å². The van der Waals surface area contributed by atoms with E-state index in [4.69, 9.17) is 11.6 Å². The molecular weight excluding hydrogens is 208 g/mol.